The summed E-state index contributed by atoms with van der Waals surface area (Å²) in [6, 6.07) is 13.3. The molecule has 0 fully saturated rings. The molecule has 4 N–H and O–H groups in total. The second-order valence-electron chi connectivity index (χ2n) is 4.76. The fourth-order valence-electron chi connectivity index (χ4n) is 2.30. The normalized spacial score (nSPS) is 10.4. The van der Waals surface area contributed by atoms with Crippen LogP contribution >= 0.6 is 15.9 Å². The van der Waals surface area contributed by atoms with Crippen LogP contribution in [0.2, 0.25) is 0 Å². The molecule has 4 nitrogen and oxygen atoms in total. The molecule has 0 aromatic heterocycles. The second kappa shape index (κ2) is 6.63. The van der Waals surface area contributed by atoms with Gasteiger partial charge >= 0.3 is 0 Å². The van der Waals surface area contributed by atoms with Crippen LogP contribution in [0.4, 0.5) is 11.4 Å². The van der Waals surface area contributed by atoms with E-state index >= 15 is 0 Å². The Hall–Kier alpha value is -2.01. The van der Waals surface area contributed by atoms with Crippen LogP contribution < -0.4 is 16.4 Å². The number of carbonyl (C=O) groups excluding carboxylic acids is 1. The van der Waals surface area contributed by atoms with Gasteiger partial charge in [-0.2, -0.15) is 0 Å². The Bertz CT molecular complexity index is 658. The van der Waals surface area contributed by atoms with Crippen LogP contribution in [0.25, 0.3) is 0 Å². The average Bonchev–Trinajstić information content (AvgIpc) is 2.44. The molecule has 2 aromatic rings. The van der Waals surface area contributed by atoms with Crippen LogP contribution in [0, 0.1) is 0 Å². The number of benzene rings is 2. The van der Waals surface area contributed by atoms with E-state index in [1.807, 2.05) is 49.4 Å². The van der Waals surface area contributed by atoms with Gasteiger partial charge in [0.05, 0.1) is 11.3 Å². The van der Waals surface area contributed by atoms with Gasteiger partial charge in [-0.05, 0) is 52.7 Å². The molecule has 0 aliphatic rings. The third-order valence-corrected chi connectivity index (χ3v) is 3.95. The van der Waals surface area contributed by atoms with Gasteiger partial charge in [0.15, 0.2) is 0 Å². The number of primary amides is 1. The number of hydrogen-bond acceptors (Lipinski definition) is 3. The summed E-state index contributed by atoms with van der Waals surface area (Å²) in [5, 5.41) is 0. The fraction of sp³-hybridized carbons (Fsp3) is 0.188. The smallest absolute Gasteiger partial charge is 0.251 e. The van der Waals surface area contributed by atoms with Crippen molar-refractivity contribution >= 4 is 33.2 Å². The Morgan fingerprint density at radius 1 is 1.24 bits per heavy atom. The van der Waals surface area contributed by atoms with Gasteiger partial charge in [-0.25, -0.2) is 0 Å². The highest BCUT2D eigenvalue weighted by Crippen LogP contribution is 2.28. The summed E-state index contributed by atoms with van der Waals surface area (Å²) in [6.45, 7) is 3.46. The Morgan fingerprint density at radius 2 is 1.95 bits per heavy atom. The summed E-state index contributed by atoms with van der Waals surface area (Å²) >= 11 is 3.39. The lowest BCUT2D eigenvalue weighted by atomic mass is 10.1. The number of halogens is 1. The van der Waals surface area contributed by atoms with Crippen molar-refractivity contribution in [3.8, 4) is 0 Å². The molecule has 0 saturated carbocycles. The first-order valence-corrected chi connectivity index (χ1v) is 7.50. The molecule has 2 rings (SSSR count). The van der Waals surface area contributed by atoms with Crippen molar-refractivity contribution in [1.29, 1.82) is 0 Å². The van der Waals surface area contributed by atoms with E-state index in [4.69, 9.17) is 11.5 Å². The van der Waals surface area contributed by atoms with E-state index in [2.05, 4.69) is 20.8 Å². The lowest BCUT2D eigenvalue weighted by Gasteiger charge is -2.25. The Labute approximate surface area is 132 Å². The van der Waals surface area contributed by atoms with Gasteiger partial charge < -0.3 is 16.4 Å². The topological polar surface area (TPSA) is 72.3 Å². The SMILES string of the molecule is CCN(Cc1cccc(N)c1)c1cccc(Br)c1C(N)=O. The lowest BCUT2D eigenvalue weighted by Crippen LogP contribution is -2.26. The highest BCUT2D eigenvalue weighted by molar-refractivity contribution is 9.10. The molecule has 0 aliphatic heterocycles. The van der Waals surface area contributed by atoms with E-state index in [0.717, 1.165) is 23.5 Å². The quantitative estimate of drug-likeness (QED) is 0.816. The van der Waals surface area contributed by atoms with E-state index < -0.39 is 5.91 Å². The van der Waals surface area contributed by atoms with Gasteiger partial charge in [0.2, 0.25) is 0 Å². The third-order valence-electron chi connectivity index (χ3n) is 3.28. The molecule has 0 bridgehead atoms. The van der Waals surface area contributed by atoms with Crippen molar-refractivity contribution in [2.24, 2.45) is 5.73 Å². The van der Waals surface area contributed by atoms with Crippen molar-refractivity contribution in [3.05, 3.63) is 58.1 Å². The number of rotatable bonds is 5. The van der Waals surface area contributed by atoms with Crippen LogP contribution in [0.5, 0.6) is 0 Å². The number of amides is 1. The van der Waals surface area contributed by atoms with Crippen molar-refractivity contribution < 1.29 is 4.79 Å². The summed E-state index contributed by atoms with van der Waals surface area (Å²) in [7, 11) is 0. The van der Waals surface area contributed by atoms with Crippen LogP contribution in [0.3, 0.4) is 0 Å². The zero-order chi connectivity index (χ0) is 15.4. The molecule has 0 atom stereocenters. The first-order valence-electron chi connectivity index (χ1n) is 6.70. The van der Waals surface area contributed by atoms with Gasteiger partial charge in [-0.1, -0.05) is 18.2 Å². The van der Waals surface area contributed by atoms with Crippen LogP contribution in [-0.4, -0.2) is 12.5 Å². The summed E-state index contributed by atoms with van der Waals surface area (Å²) in [4.78, 5) is 13.8. The van der Waals surface area contributed by atoms with E-state index in [1.165, 1.54) is 0 Å². The van der Waals surface area contributed by atoms with Crippen LogP contribution in [0.1, 0.15) is 22.8 Å². The lowest BCUT2D eigenvalue weighted by molar-refractivity contribution is 0.1000. The van der Waals surface area contributed by atoms with Crippen molar-refractivity contribution in [3.63, 3.8) is 0 Å². The van der Waals surface area contributed by atoms with E-state index in [9.17, 15) is 4.79 Å². The summed E-state index contributed by atoms with van der Waals surface area (Å²) in [5.41, 5.74) is 14.5. The molecule has 0 heterocycles. The molecular formula is C16H18BrN3O. The summed E-state index contributed by atoms with van der Waals surface area (Å²) < 4.78 is 0.707. The Balaban J connectivity index is 2.38. The molecular weight excluding hydrogens is 330 g/mol. The molecule has 0 radical (unpaired) electrons. The monoisotopic (exact) mass is 347 g/mol. The number of carbonyl (C=O) groups is 1. The highest BCUT2D eigenvalue weighted by atomic mass is 79.9. The average molecular weight is 348 g/mol. The van der Waals surface area contributed by atoms with Gasteiger partial charge in [-0.3, -0.25) is 4.79 Å². The predicted molar refractivity (Wildman–Crippen MR) is 90.2 cm³/mol. The number of nitrogens with two attached hydrogens (primary N) is 2. The molecule has 0 unspecified atom stereocenters. The zero-order valence-electron chi connectivity index (χ0n) is 11.8. The molecule has 5 heteroatoms. The number of hydrogen-bond donors (Lipinski definition) is 2. The minimum atomic E-state index is -0.441. The van der Waals surface area contributed by atoms with Gasteiger partial charge in [0.1, 0.15) is 0 Å². The summed E-state index contributed by atoms with van der Waals surface area (Å²) in [6.07, 6.45) is 0. The largest absolute Gasteiger partial charge is 0.399 e. The Kier molecular flexibility index (Phi) is 4.85. The van der Waals surface area contributed by atoms with Crippen LogP contribution in [0.15, 0.2) is 46.9 Å². The van der Waals surface area contributed by atoms with Gasteiger partial charge in [0, 0.05) is 23.2 Å². The molecule has 0 spiro atoms. The van der Waals surface area contributed by atoms with Crippen molar-refractivity contribution in [1.82, 2.24) is 0 Å². The van der Waals surface area contributed by atoms with Gasteiger partial charge in [0.25, 0.3) is 5.91 Å². The summed E-state index contributed by atoms with van der Waals surface area (Å²) in [5.74, 6) is -0.441. The van der Waals surface area contributed by atoms with E-state index in [0.29, 0.717) is 16.6 Å². The zero-order valence-corrected chi connectivity index (χ0v) is 13.4. The van der Waals surface area contributed by atoms with Gasteiger partial charge in [-0.15, -0.1) is 0 Å². The molecule has 0 saturated heterocycles. The molecule has 0 aliphatic carbocycles. The maximum atomic E-state index is 11.7. The maximum Gasteiger partial charge on any atom is 0.251 e. The third kappa shape index (κ3) is 3.55. The number of nitrogen functional groups attached to an aromatic ring is 1. The molecule has 1 amide bonds. The molecule has 2 aromatic carbocycles. The standard InChI is InChI=1S/C16H18BrN3O/c1-2-20(10-11-5-3-6-12(18)9-11)14-8-4-7-13(17)15(14)16(19)21/h3-9H,2,10,18H2,1H3,(H2,19,21). The number of anilines is 2. The van der Waals surface area contributed by atoms with E-state index in [-0.39, 0.29) is 0 Å². The first kappa shape index (κ1) is 15.4. The molecule has 110 valence electrons. The van der Waals surface area contributed by atoms with E-state index in [1.54, 1.807) is 0 Å². The molecule has 21 heavy (non-hydrogen) atoms. The van der Waals surface area contributed by atoms with Crippen molar-refractivity contribution in [2.75, 3.05) is 17.2 Å². The van der Waals surface area contributed by atoms with Crippen LogP contribution in [-0.2, 0) is 6.54 Å². The highest BCUT2D eigenvalue weighted by Gasteiger charge is 2.16. The minimum Gasteiger partial charge on any atom is -0.399 e. The number of nitrogens with zero attached hydrogens (tertiary/aromatic N) is 1. The Morgan fingerprint density at radius 3 is 2.57 bits per heavy atom. The minimum absolute atomic E-state index is 0.441. The van der Waals surface area contributed by atoms with Crippen molar-refractivity contribution in [2.45, 2.75) is 13.5 Å². The maximum absolute atomic E-state index is 11.7. The second-order valence-corrected chi connectivity index (χ2v) is 5.61. The fourth-order valence-corrected chi connectivity index (χ4v) is 2.85. The predicted octanol–water partition coefficient (Wildman–Crippen LogP) is 3.16. The first-order chi connectivity index (χ1) is 10.0.